The van der Waals surface area contributed by atoms with Crippen LogP contribution >= 0.6 is 0 Å². The van der Waals surface area contributed by atoms with E-state index in [2.05, 4.69) is 191 Å². The molecular weight excluding hydrogens is 709 g/mol. The van der Waals surface area contributed by atoms with Crippen molar-refractivity contribution in [1.82, 2.24) is 9.13 Å². The first-order valence-electron chi connectivity index (χ1n) is 19.8. The van der Waals surface area contributed by atoms with E-state index in [1.807, 2.05) is 12.1 Å². The third-order valence-electron chi connectivity index (χ3n) is 12.1. The summed E-state index contributed by atoms with van der Waals surface area (Å²) >= 11 is 0. The summed E-state index contributed by atoms with van der Waals surface area (Å²) in [5, 5.41) is 9.26. The number of rotatable bonds is 4. The van der Waals surface area contributed by atoms with Crippen LogP contribution in [-0.2, 0) is 0 Å². The highest BCUT2D eigenvalue weighted by molar-refractivity contribution is 6.17. The maximum atomic E-state index is 6.63. The van der Waals surface area contributed by atoms with Crippen molar-refractivity contribution in [2.24, 2.45) is 0 Å². The minimum atomic E-state index is 0.886. The highest BCUT2D eigenvalue weighted by Gasteiger charge is 2.22. The maximum absolute atomic E-state index is 6.63. The molecule has 0 aliphatic heterocycles. The molecule has 0 aliphatic carbocycles. The predicted molar refractivity (Wildman–Crippen MR) is 241 cm³/mol. The molecule has 0 spiro atoms. The highest BCUT2D eigenvalue weighted by atomic mass is 16.3. The molecule has 0 bridgehead atoms. The van der Waals surface area contributed by atoms with Gasteiger partial charge < -0.3 is 18.0 Å². The number of aromatic nitrogens is 2. The van der Waals surface area contributed by atoms with Crippen molar-refractivity contribution in [2.75, 3.05) is 0 Å². The van der Waals surface area contributed by atoms with Gasteiger partial charge in [0.15, 0.2) is 11.2 Å². The first-order chi connectivity index (χ1) is 28.8. The first kappa shape index (κ1) is 31.4. The largest absolute Gasteiger partial charge is 0.454 e. The number of hydrogen-bond donors (Lipinski definition) is 0. The minimum Gasteiger partial charge on any atom is -0.454 e. The van der Waals surface area contributed by atoms with Gasteiger partial charge in [0.2, 0.25) is 0 Å². The predicted octanol–water partition coefficient (Wildman–Crippen LogP) is 15.0. The van der Waals surface area contributed by atoms with Gasteiger partial charge in [0.25, 0.3) is 0 Å². The van der Waals surface area contributed by atoms with Crippen LogP contribution in [0.25, 0.3) is 121 Å². The Morgan fingerprint density at radius 3 is 1.36 bits per heavy atom. The van der Waals surface area contributed by atoms with Gasteiger partial charge in [-0.3, -0.25) is 0 Å². The molecule has 0 saturated heterocycles. The van der Waals surface area contributed by atoms with E-state index in [0.717, 1.165) is 88.4 Å². The van der Waals surface area contributed by atoms with Crippen LogP contribution in [-0.4, -0.2) is 9.13 Å². The Morgan fingerprint density at radius 2 is 0.741 bits per heavy atom. The van der Waals surface area contributed by atoms with Gasteiger partial charge in [-0.2, -0.15) is 0 Å². The van der Waals surface area contributed by atoms with E-state index in [4.69, 9.17) is 8.83 Å². The number of hydrogen-bond acceptors (Lipinski definition) is 2. The van der Waals surface area contributed by atoms with E-state index in [1.165, 1.54) is 32.7 Å². The molecular formula is C54H32N2O2. The van der Waals surface area contributed by atoms with E-state index in [9.17, 15) is 0 Å². The molecule has 4 heteroatoms. The molecule has 0 amide bonds. The quantitative estimate of drug-likeness (QED) is 0.180. The van der Waals surface area contributed by atoms with Gasteiger partial charge >= 0.3 is 0 Å². The Hall–Kier alpha value is -7.82. The summed E-state index contributed by atoms with van der Waals surface area (Å²) in [6.07, 6.45) is 0. The van der Waals surface area contributed by atoms with Gasteiger partial charge in [0.05, 0.1) is 33.4 Å². The summed E-state index contributed by atoms with van der Waals surface area (Å²) < 4.78 is 18.0. The Labute approximate surface area is 332 Å². The summed E-state index contributed by atoms with van der Waals surface area (Å²) in [6, 6.07) is 69.6. The average molecular weight is 741 g/mol. The van der Waals surface area contributed by atoms with Gasteiger partial charge in [0.1, 0.15) is 11.2 Å². The fourth-order valence-corrected chi connectivity index (χ4v) is 9.59. The fraction of sp³-hybridized carbons (Fsp3) is 0. The molecule has 0 N–H and O–H groups in total. The SMILES string of the molecule is c1ccc(-c2cc3c(cc2-c2ccc4c(c2)c2ccccc2n4-c2cccc4c2oc2ccccc24)c2ccccc2n3-c2cccc3c2oc2ccccc23)cc1. The van der Waals surface area contributed by atoms with E-state index >= 15 is 0 Å². The highest BCUT2D eigenvalue weighted by Crippen LogP contribution is 2.45. The van der Waals surface area contributed by atoms with Crippen molar-refractivity contribution in [3.63, 3.8) is 0 Å². The van der Waals surface area contributed by atoms with E-state index in [0.29, 0.717) is 0 Å². The molecule has 9 aromatic carbocycles. The van der Waals surface area contributed by atoms with Crippen LogP contribution < -0.4 is 0 Å². The molecule has 4 nitrogen and oxygen atoms in total. The average Bonchev–Trinajstić information content (AvgIpc) is 4.04. The number of fused-ring (bicyclic) bond motifs is 12. The summed E-state index contributed by atoms with van der Waals surface area (Å²) in [5.74, 6) is 0. The van der Waals surface area contributed by atoms with Crippen molar-refractivity contribution < 1.29 is 8.83 Å². The molecule has 0 radical (unpaired) electrons. The minimum absolute atomic E-state index is 0.886. The molecule has 4 aromatic heterocycles. The lowest BCUT2D eigenvalue weighted by molar-refractivity contribution is 0.666. The van der Waals surface area contributed by atoms with Gasteiger partial charge in [-0.15, -0.1) is 0 Å². The molecule has 13 aromatic rings. The zero-order chi connectivity index (χ0) is 37.9. The van der Waals surface area contributed by atoms with Gasteiger partial charge in [-0.05, 0) is 82.9 Å². The lowest BCUT2D eigenvalue weighted by Crippen LogP contribution is -1.95. The summed E-state index contributed by atoms with van der Waals surface area (Å²) in [5.41, 5.74) is 14.9. The molecule has 0 aliphatic rings. The second-order valence-electron chi connectivity index (χ2n) is 15.2. The molecule has 4 heterocycles. The summed E-state index contributed by atoms with van der Waals surface area (Å²) in [4.78, 5) is 0. The normalized spacial score (nSPS) is 12.1. The third kappa shape index (κ3) is 4.34. The number of furan rings is 2. The summed E-state index contributed by atoms with van der Waals surface area (Å²) in [6.45, 7) is 0. The van der Waals surface area contributed by atoms with Crippen LogP contribution in [0, 0.1) is 0 Å². The second-order valence-corrected chi connectivity index (χ2v) is 15.2. The van der Waals surface area contributed by atoms with Gasteiger partial charge in [-0.1, -0.05) is 133 Å². The van der Waals surface area contributed by atoms with Gasteiger partial charge in [0, 0.05) is 43.1 Å². The Bertz CT molecular complexity index is 3800. The van der Waals surface area contributed by atoms with Crippen LogP contribution in [0.5, 0.6) is 0 Å². The molecule has 0 unspecified atom stereocenters. The first-order valence-corrected chi connectivity index (χ1v) is 19.8. The van der Waals surface area contributed by atoms with Crippen LogP contribution in [0.2, 0.25) is 0 Å². The zero-order valence-electron chi connectivity index (χ0n) is 31.2. The van der Waals surface area contributed by atoms with Crippen molar-refractivity contribution in [1.29, 1.82) is 0 Å². The van der Waals surface area contributed by atoms with Crippen LogP contribution in [0.15, 0.2) is 203 Å². The maximum Gasteiger partial charge on any atom is 0.159 e. The lowest BCUT2D eigenvalue weighted by atomic mass is 9.92. The topological polar surface area (TPSA) is 36.1 Å². The Morgan fingerprint density at radius 1 is 0.276 bits per heavy atom. The van der Waals surface area contributed by atoms with Gasteiger partial charge in [-0.25, -0.2) is 0 Å². The van der Waals surface area contributed by atoms with E-state index in [1.54, 1.807) is 0 Å². The monoisotopic (exact) mass is 740 g/mol. The number of para-hydroxylation sites is 6. The van der Waals surface area contributed by atoms with Crippen molar-refractivity contribution in [3.05, 3.63) is 194 Å². The van der Waals surface area contributed by atoms with E-state index in [-0.39, 0.29) is 0 Å². The molecule has 0 fully saturated rings. The number of nitrogens with zero attached hydrogens (tertiary/aromatic N) is 2. The van der Waals surface area contributed by atoms with E-state index < -0.39 is 0 Å². The fourth-order valence-electron chi connectivity index (χ4n) is 9.59. The van der Waals surface area contributed by atoms with Crippen LogP contribution in [0.1, 0.15) is 0 Å². The lowest BCUT2D eigenvalue weighted by Gasteiger charge is -2.14. The van der Waals surface area contributed by atoms with Crippen molar-refractivity contribution >= 4 is 87.5 Å². The Kier molecular flexibility index (Phi) is 6.41. The smallest absolute Gasteiger partial charge is 0.159 e. The molecule has 58 heavy (non-hydrogen) atoms. The number of benzene rings is 9. The Balaban J connectivity index is 1.09. The molecule has 0 saturated carbocycles. The standard InChI is InChI=1S/C54H32N2O2/c1-2-14-33(15-3-1)42-32-50-44(36-17-5-9-23-46(36)56(50)49-25-13-21-40-38-19-7-11-27-52(38)58-54(40)49)31-41(42)34-28-29-47-43(30-34)35-16-4-8-22-45(35)55(47)48-24-12-20-39-37-18-6-10-26-51(37)57-53(39)48/h1-32H. The molecule has 0 atom stereocenters. The van der Waals surface area contributed by atoms with Crippen LogP contribution in [0.4, 0.5) is 0 Å². The van der Waals surface area contributed by atoms with Crippen LogP contribution in [0.3, 0.4) is 0 Å². The third-order valence-corrected chi connectivity index (χ3v) is 12.1. The second kappa shape index (κ2) is 11.8. The summed E-state index contributed by atoms with van der Waals surface area (Å²) in [7, 11) is 0. The molecule has 270 valence electrons. The van der Waals surface area contributed by atoms with Crippen molar-refractivity contribution in [2.45, 2.75) is 0 Å². The molecule has 13 rings (SSSR count). The van der Waals surface area contributed by atoms with Crippen molar-refractivity contribution in [3.8, 4) is 33.6 Å². The zero-order valence-corrected chi connectivity index (χ0v) is 31.2.